The van der Waals surface area contributed by atoms with Crippen molar-refractivity contribution in [2.75, 3.05) is 33.4 Å². The van der Waals surface area contributed by atoms with Gasteiger partial charge in [0.15, 0.2) is 0 Å². The Morgan fingerprint density at radius 1 is 1.35 bits per heavy atom. The Hall–Kier alpha value is -2.12. The summed E-state index contributed by atoms with van der Waals surface area (Å²) in [5.74, 6) is -0.820. The predicted molar refractivity (Wildman–Crippen MR) is 94.8 cm³/mol. The van der Waals surface area contributed by atoms with Crippen molar-refractivity contribution in [3.8, 4) is 5.75 Å². The predicted octanol–water partition coefficient (Wildman–Crippen LogP) is 0.955. The van der Waals surface area contributed by atoms with E-state index in [1.54, 1.807) is 11.9 Å². The summed E-state index contributed by atoms with van der Waals surface area (Å²) in [5.41, 5.74) is 0.563. The number of carboxylic acids is 1. The van der Waals surface area contributed by atoms with E-state index in [1.165, 1.54) is 0 Å². The molecule has 2 N–H and O–H groups in total. The van der Waals surface area contributed by atoms with Gasteiger partial charge in [-0.2, -0.15) is 0 Å². The number of hydrogen-bond acceptors (Lipinski definition) is 5. The molecule has 0 saturated carbocycles. The number of ether oxygens (including phenoxy) is 1. The van der Waals surface area contributed by atoms with Gasteiger partial charge in [-0.25, -0.2) is 0 Å². The van der Waals surface area contributed by atoms with E-state index in [9.17, 15) is 14.7 Å². The van der Waals surface area contributed by atoms with Crippen LogP contribution in [0.3, 0.4) is 0 Å². The second kappa shape index (κ2) is 7.63. The topological polar surface area (TPSA) is 90.3 Å². The Morgan fingerprint density at radius 3 is 2.73 bits per heavy atom. The number of benzene rings is 1. The molecule has 1 atom stereocenters. The van der Waals surface area contributed by atoms with E-state index in [0.29, 0.717) is 12.8 Å². The lowest BCUT2D eigenvalue weighted by atomic mass is 9.77. The lowest BCUT2D eigenvalue weighted by Crippen LogP contribution is -2.55. The maximum atomic E-state index is 12.1. The normalized spacial score (nSPS) is 22.8. The van der Waals surface area contributed by atoms with Crippen LogP contribution in [-0.4, -0.2) is 70.8 Å². The molecule has 2 saturated heterocycles. The average molecular weight is 362 g/mol. The summed E-state index contributed by atoms with van der Waals surface area (Å²) in [6.07, 6.45) is 1.45. The Labute approximate surface area is 153 Å². The van der Waals surface area contributed by atoms with Gasteiger partial charge < -0.3 is 19.8 Å². The second-order valence-corrected chi connectivity index (χ2v) is 7.15. The molecule has 2 fully saturated rings. The van der Waals surface area contributed by atoms with Gasteiger partial charge in [-0.05, 0) is 30.5 Å². The van der Waals surface area contributed by atoms with Gasteiger partial charge in [0.1, 0.15) is 12.4 Å². The zero-order valence-corrected chi connectivity index (χ0v) is 15.1. The molecule has 142 valence electrons. The minimum atomic E-state index is -0.870. The van der Waals surface area contributed by atoms with E-state index in [1.807, 2.05) is 24.3 Å². The fraction of sp³-hybridized carbons (Fsp3) is 0.579. The summed E-state index contributed by atoms with van der Waals surface area (Å²) in [7, 11) is 1.74. The van der Waals surface area contributed by atoms with Gasteiger partial charge in [0, 0.05) is 33.1 Å². The summed E-state index contributed by atoms with van der Waals surface area (Å²) in [5, 5.41) is 18.4. The molecule has 0 aromatic heterocycles. The molecular formula is C19H26N2O5. The number of aliphatic hydroxyl groups is 1. The number of aliphatic hydroxyl groups excluding tert-OH is 1. The third-order valence-corrected chi connectivity index (χ3v) is 5.75. The molecule has 2 aliphatic heterocycles. The zero-order valence-electron chi connectivity index (χ0n) is 15.1. The molecule has 0 radical (unpaired) electrons. The van der Waals surface area contributed by atoms with Crippen molar-refractivity contribution in [2.45, 2.75) is 31.3 Å². The van der Waals surface area contributed by atoms with Crippen molar-refractivity contribution in [1.82, 2.24) is 9.80 Å². The largest absolute Gasteiger partial charge is 0.491 e. The van der Waals surface area contributed by atoms with Crippen LogP contribution in [0.5, 0.6) is 5.75 Å². The van der Waals surface area contributed by atoms with Gasteiger partial charge in [-0.1, -0.05) is 12.1 Å². The van der Waals surface area contributed by atoms with Crippen molar-refractivity contribution >= 4 is 11.9 Å². The van der Waals surface area contributed by atoms with Gasteiger partial charge in [0.2, 0.25) is 5.91 Å². The molecule has 1 amide bonds. The number of rotatable bonds is 6. The highest BCUT2D eigenvalue weighted by molar-refractivity contribution is 5.88. The monoisotopic (exact) mass is 362 g/mol. The molecule has 1 spiro atoms. The van der Waals surface area contributed by atoms with Crippen LogP contribution in [-0.2, 0) is 16.1 Å². The third-order valence-electron chi connectivity index (χ3n) is 5.75. The van der Waals surface area contributed by atoms with Crippen LogP contribution in [0, 0.1) is 5.92 Å². The van der Waals surface area contributed by atoms with Crippen molar-refractivity contribution in [2.24, 2.45) is 5.92 Å². The number of carbonyl (C=O) groups excluding carboxylic acids is 1. The second-order valence-electron chi connectivity index (χ2n) is 7.15. The quantitative estimate of drug-likeness (QED) is 0.783. The molecule has 0 aliphatic carbocycles. The van der Waals surface area contributed by atoms with Crippen LogP contribution in [0.15, 0.2) is 24.3 Å². The average Bonchev–Trinajstić information content (AvgIpc) is 2.88. The number of aliphatic carboxylic acids is 1. The smallest absolute Gasteiger partial charge is 0.309 e. The van der Waals surface area contributed by atoms with E-state index in [4.69, 9.17) is 9.84 Å². The first-order valence-electron chi connectivity index (χ1n) is 9.01. The molecular weight excluding hydrogens is 336 g/mol. The van der Waals surface area contributed by atoms with Crippen LogP contribution in [0.25, 0.3) is 0 Å². The SMILES string of the molecule is CN1C(=O)C[C@@H](C(=O)O)C12CCN(Cc1cccc(OCCO)c1)CC2. The van der Waals surface area contributed by atoms with E-state index in [2.05, 4.69) is 4.90 Å². The minimum Gasteiger partial charge on any atom is -0.491 e. The molecule has 7 heteroatoms. The zero-order chi connectivity index (χ0) is 18.7. The lowest BCUT2D eigenvalue weighted by molar-refractivity contribution is -0.146. The first-order valence-corrected chi connectivity index (χ1v) is 9.01. The highest BCUT2D eigenvalue weighted by Gasteiger charge is 2.55. The Morgan fingerprint density at radius 2 is 2.08 bits per heavy atom. The van der Waals surface area contributed by atoms with Crippen LogP contribution >= 0.6 is 0 Å². The summed E-state index contributed by atoms with van der Waals surface area (Å²) in [6.45, 7) is 2.51. The van der Waals surface area contributed by atoms with E-state index in [-0.39, 0.29) is 25.5 Å². The molecule has 0 bridgehead atoms. The highest BCUT2D eigenvalue weighted by atomic mass is 16.5. The van der Waals surface area contributed by atoms with Gasteiger partial charge in [0.05, 0.1) is 18.1 Å². The van der Waals surface area contributed by atoms with Crippen LogP contribution in [0.4, 0.5) is 0 Å². The summed E-state index contributed by atoms with van der Waals surface area (Å²) in [4.78, 5) is 27.7. The van der Waals surface area contributed by atoms with Gasteiger partial charge in [-0.15, -0.1) is 0 Å². The molecule has 7 nitrogen and oxygen atoms in total. The first kappa shape index (κ1) is 18.7. The number of hydrogen-bond donors (Lipinski definition) is 2. The maximum absolute atomic E-state index is 12.1. The number of piperidine rings is 1. The van der Waals surface area contributed by atoms with Crippen molar-refractivity contribution in [3.05, 3.63) is 29.8 Å². The molecule has 3 rings (SSSR count). The van der Waals surface area contributed by atoms with Crippen LogP contribution in [0.1, 0.15) is 24.8 Å². The Kier molecular flexibility index (Phi) is 5.48. The molecule has 26 heavy (non-hydrogen) atoms. The summed E-state index contributed by atoms with van der Waals surface area (Å²) >= 11 is 0. The van der Waals surface area contributed by atoms with Crippen LogP contribution < -0.4 is 4.74 Å². The van der Waals surface area contributed by atoms with Crippen molar-refractivity contribution in [3.63, 3.8) is 0 Å². The molecule has 2 heterocycles. The van der Waals surface area contributed by atoms with Gasteiger partial charge in [0.25, 0.3) is 0 Å². The number of carboxylic acid groups (broad SMARTS) is 1. The maximum Gasteiger partial charge on any atom is 0.309 e. The molecule has 0 unspecified atom stereocenters. The van der Waals surface area contributed by atoms with Crippen molar-refractivity contribution in [1.29, 1.82) is 0 Å². The third kappa shape index (κ3) is 3.54. The van der Waals surface area contributed by atoms with Crippen molar-refractivity contribution < 1.29 is 24.5 Å². The first-order chi connectivity index (χ1) is 12.5. The van der Waals surface area contributed by atoms with Gasteiger partial charge in [-0.3, -0.25) is 14.5 Å². The molecule has 2 aliphatic rings. The van der Waals surface area contributed by atoms with Crippen LogP contribution in [0.2, 0.25) is 0 Å². The standard InChI is InChI=1S/C19H26N2O5/c1-20-17(23)12-16(18(24)25)19(20)5-7-21(8-6-19)13-14-3-2-4-15(11-14)26-10-9-22/h2-4,11,16,22H,5-10,12-13H2,1H3,(H,24,25)/t16-/m0/s1. The van der Waals surface area contributed by atoms with Gasteiger partial charge >= 0.3 is 5.97 Å². The van der Waals surface area contributed by atoms with E-state index in [0.717, 1.165) is 30.9 Å². The fourth-order valence-corrected chi connectivity index (χ4v) is 4.24. The lowest BCUT2D eigenvalue weighted by Gasteiger charge is -2.45. The Balaban J connectivity index is 1.63. The van der Waals surface area contributed by atoms with E-state index < -0.39 is 17.4 Å². The molecule has 1 aromatic carbocycles. The number of amides is 1. The molecule has 1 aromatic rings. The minimum absolute atomic E-state index is 0.0184. The highest BCUT2D eigenvalue weighted by Crippen LogP contribution is 2.43. The number of nitrogens with zero attached hydrogens (tertiary/aromatic N) is 2. The number of likely N-dealkylation sites (tertiary alicyclic amines) is 2. The fourth-order valence-electron chi connectivity index (χ4n) is 4.24. The van der Waals surface area contributed by atoms with E-state index >= 15 is 0 Å². The number of carbonyl (C=O) groups is 2. The summed E-state index contributed by atoms with van der Waals surface area (Å²) in [6, 6.07) is 7.78. The summed E-state index contributed by atoms with van der Waals surface area (Å²) < 4.78 is 5.45. The Bertz CT molecular complexity index is 670.